The molecule has 3 rings (SSSR count). The Bertz CT molecular complexity index is 1040. The number of sulfonamides is 1. The zero-order valence-electron chi connectivity index (χ0n) is 16.1. The Labute approximate surface area is 174 Å². The standard InChI is InChI=1S/C19H22ClN3O5S/c1-13-5-6-14(9-16(13)20)21-18(24)12-28-19(25)17-10-15(11-22(17)2)29(26,27)23-7-3-4-8-23/h5-6,9-11H,3-4,7-8,12H2,1-2H3,(H,21,24). The van der Waals surface area contributed by atoms with Crippen LogP contribution in [0.15, 0.2) is 35.4 Å². The first-order valence-corrected chi connectivity index (χ1v) is 10.9. The van der Waals surface area contributed by atoms with Gasteiger partial charge in [0, 0.05) is 37.0 Å². The highest BCUT2D eigenvalue weighted by Gasteiger charge is 2.29. The van der Waals surface area contributed by atoms with E-state index in [-0.39, 0.29) is 10.6 Å². The van der Waals surface area contributed by atoms with Gasteiger partial charge >= 0.3 is 5.97 Å². The number of hydrogen-bond donors (Lipinski definition) is 1. The maximum atomic E-state index is 12.6. The molecule has 1 aromatic carbocycles. The number of carbonyl (C=O) groups excluding carboxylic acids is 2. The zero-order valence-corrected chi connectivity index (χ0v) is 17.7. The van der Waals surface area contributed by atoms with Crippen molar-refractivity contribution in [3.8, 4) is 0 Å². The number of hydrogen-bond acceptors (Lipinski definition) is 5. The highest BCUT2D eigenvalue weighted by molar-refractivity contribution is 7.89. The van der Waals surface area contributed by atoms with Gasteiger partial charge in [0.25, 0.3) is 5.91 Å². The number of amides is 1. The van der Waals surface area contributed by atoms with Crippen molar-refractivity contribution in [2.45, 2.75) is 24.7 Å². The highest BCUT2D eigenvalue weighted by atomic mass is 35.5. The molecule has 0 radical (unpaired) electrons. The van der Waals surface area contributed by atoms with Crippen LogP contribution in [0.2, 0.25) is 5.02 Å². The van der Waals surface area contributed by atoms with Gasteiger partial charge in [-0.15, -0.1) is 0 Å². The fraction of sp³-hybridized carbons (Fsp3) is 0.368. The van der Waals surface area contributed by atoms with E-state index in [1.54, 1.807) is 25.2 Å². The molecule has 1 aliphatic rings. The van der Waals surface area contributed by atoms with Crippen LogP contribution in [0.5, 0.6) is 0 Å². The summed E-state index contributed by atoms with van der Waals surface area (Å²) in [5.74, 6) is -1.31. The Morgan fingerprint density at radius 1 is 1.21 bits per heavy atom. The van der Waals surface area contributed by atoms with Crippen LogP contribution in [0.25, 0.3) is 0 Å². The Morgan fingerprint density at radius 2 is 1.90 bits per heavy atom. The van der Waals surface area contributed by atoms with Crippen LogP contribution in [0.1, 0.15) is 28.9 Å². The topological polar surface area (TPSA) is 97.7 Å². The number of rotatable bonds is 6. The van der Waals surface area contributed by atoms with Gasteiger partial charge in [0.15, 0.2) is 6.61 Å². The third-order valence-corrected chi connectivity index (χ3v) is 6.95. The third kappa shape index (κ3) is 4.80. The van der Waals surface area contributed by atoms with E-state index in [0.717, 1.165) is 18.4 Å². The zero-order chi connectivity index (χ0) is 21.2. The van der Waals surface area contributed by atoms with Gasteiger partial charge in [-0.05, 0) is 43.5 Å². The second kappa shape index (κ2) is 8.56. The summed E-state index contributed by atoms with van der Waals surface area (Å²) < 4.78 is 33.1. The Hall–Kier alpha value is -2.36. The summed E-state index contributed by atoms with van der Waals surface area (Å²) in [6.07, 6.45) is 3.02. The lowest BCUT2D eigenvalue weighted by Crippen LogP contribution is -2.27. The van der Waals surface area contributed by atoms with Gasteiger partial charge < -0.3 is 14.6 Å². The second-order valence-corrected chi connectivity index (χ2v) is 9.22. The van der Waals surface area contributed by atoms with E-state index in [4.69, 9.17) is 16.3 Å². The van der Waals surface area contributed by atoms with E-state index in [1.807, 2.05) is 6.92 Å². The Morgan fingerprint density at radius 3 is 2.55 bits per heavy atom. The van der Waals surface area contributed by atoms with E-state index in [2.05, 4.69) is 5.32 Å². The number of nitrogens with one attached hydrogen (secondary N) is 1. The second-order valence-electron chi connectivity index (χ2n) is 6.87. The smallest absolute Gasteiger partial charge is 0.355 e. The first-order valence-electron chi connectivity index (χ1n) is 9.08. The minimum Gasteiger partial charge on any atom is -0.451 e. The molecule has 10 heteroatoms. The average molecular weight is 440 g/mol. The van der Waals surface area contributed by atoms with Crippen molar-refractivity contribution in [3.05, 3.63) is 46.7 Å². The van der Waals surface area contributed by atoms with E-state index >= 15 is 0 Å². The number of halogens is 1. The molecule has 0 saturated carbocycles. The average Bonchev–Trinajstić information content (AvgIpc) is 3.33. The van der Waals surface area contributed by atoms with Gasteiger partial charge in [0.05, 0.1) is 0 Å². The molecule has 29 heavy (non-hydrogen) atoms. The summed E-state index contributed by atoms with van der Waals surface area (Å²) in [7, 11) is -2.09. The van der Waals surface area contributed by atoms with E-state index in [1.165, 1.54) is 21.1 Å². The molecule has 0 atom stereocenters. The summed E-state index contributed by atoms with van der Waals surface area (Å²) >= 11 is 6.02. The Balaban J connectivity index is 1.62. The number of carbonyl (C=O) groups is 2. The lowest BCUT2D eigenvalue weighted by Gasteiger charge is -2.13. The van der Waals surface area contributed by atoms with Crippen LogP contribution in [-0.2, 0) is 26.6 Å². The molecule has 0 unspecified atom stereocenters. The lowest BCUT2D eigenvalue weighted by molar-refractivity contribution is -0.119. The van der Waals surface area contributed by atoms with Gasteiger partial charge in [-0.2, -0.15) is 4.31 Å². The van der Waals surface area contributed by atoms with Gasteiger partial charge in [-0.3, -0.25) is 4.79 Å². The minimum atomic E-state index is -3.64. The maximum absolute atomic E-state index is 12.6. The summed E-state index contributed by atoms with van der Waals surface area (Å²) in [5.41, 5.74) is 1.41. The fourth-order valence-electron chi connectivity index (χ4n) is 3.03. The van der Waals surface area contributed by atoms with E-state index < -0.39 is 28.5 Å². The van der Waals surface area contributed by atoms with Gasteiger partial charge in [0.2, 0.25) is 10.0 Å². The molecule has 1 saturated heterocycles. The molecule has 1 aromatic heterocycles. The molecular weight excluding hydrogens is 418 g/mol. The molecule has 1 fully saturated rings. The third-order valence-electron chi connectivity index (χ3n) is 4.68. The summed E-state index contributed by atoms with van der Waals surface area (Å²) in [6.45, 7) is 2.28. The number of benzene rings is 1. The minimum absolute atomic E-state index is 0.0348. The van der Waals surface area contributed by atoms with Crippen LogP contribution in [0.4, 0.5) is 5.69 Å². The van der Waals surface area contributed by atoms with Crippen LogP contribution in [0, 0.1) is 6.92 Å². The Kier molecular flexibility index (Phi) is 6.30. The number of aromatic nitrogens is 1. The normalized spacial score (nSPS) is 14.7. The number of nitrogens with zero attached hydrogens (tertiary/aromatic N) is 2. The predicted molar refractivity (Wildman–Crippen MR) is 109 cm³/mol. The van der Waals surface area contributed by atoms with Crippen molar-refractivity contribution >= 4 is 39.2 Å². The first kappa shape index (κ1) is 21.4. The SMILES string of the molecule is Cc1ccc(NC(=O)COC(=O)c2cc(S(=O)(=O)N3CCCC3)cn2C)cc1Cl. The van der Waals surface area contributed by atoms with Gasteiger partial charge in [0.1, 0.15) is 10.6 Å². The molecule has 1 aliphatic heterocycles. The molecule has 156 valence electrons. The van der Waals surface area contributed by atoms with Gasteiger partial charge in [-0.25, -0.2) is 13.2 Å². The van der Waals surface area contributed by atoms with Crippen molar-refractivity contribution < 1.29 is 22.7 Å². The summed E-state index contributed by atoms with van der Waals surface area (Å²) in [4.78, 5) is 24.4. The molecule has 0 bridgehead atoms. The quantitative estimate of drug-likeness (QED) is 0.697. The lowest BCUT2D eigenvalue weighted by atomic mass is 10.2. The van der Waals surface area contributed by atoms with Crippen LogP contribution in [-0.4, -0.2) is 48.9 Å². The molecule has 0 spiro atoms. The van der Waals surface area contributed by atoms with E-state index in [0.29, 0.717) is 23.8 Å². The first-order chi connectivity index (χ1) is 13.7. The molecular formula is C19H22ClN3O5S. The molecule has 2 aromatic rings. The van der Waals surface area contributed by atoms with Gasteiger partial charge in [-0.1, -0.05) is 17.7 Å². The molecule has 2 heterocycles. The maximum Gasteiger partial charge on any atom is 0.355 e. The fourth-order valence-corrected chi connectivity index (χ4v) is 4.80. The summed E-state index contributed by atoms with van der Waals surface area (Å²) in [5, 5.41) is 3.10. The van der Waals surface area contributed by atoms with Crippen LogP contribution in [0.3, 0.4) is 0 Å². The largest absolute Gasteiger partial charge is 0.451 e. The van der Waals surface area contributed by atoms with Crippen molar-refractivity contribution in [3.63, 3.8) is 0 Å². The molecule has 1 amide bonds. The highest BCUT2D eigenvalue weighted by Crippen LogP contribution is 2.23. The van der Waals surface area contributed by atoms with E-state index in [9.17, 15) is 18.0 Å². The van der Waals surface area contributed by atoms with Crippen molar-refractivity contribution in [2.24, 2.45) is 7.05 Å². The number of esters is 1. The monoisotopic (exact) mass is 439 g/mol. The number of ether oxygens (including phenoxy) is 1. The molecule has 8 nitrogen and oxygen atoms in total. The molecule has 0 aliphatic carbocycles. The van der Waals surface area contributed by atoms with Crippen molar-refractivity contribution in [1.82, 2.24) is 8.87 Å². The van der Waals surface area contributed by atoms with Crippen LogP contribution >= 0.6 is 11.6 Å². The van der Waals surface area contributed by atoms with Crippen LogP contribution < -0.4 is 5.32 Å². The number of anilines is 1. The predicted octanol–water partition coefficient (Wildman–Crippen LogP) is 2.57. The molecule has 1 N–H and O–H groups in total. The number of aryl methyl sites for hydroxylation is 2. The van der Waals surface area contributed by atoms with Crippen molar-refractivity contribution in [2.75, 3.05) is 25.0 Å². The summed E-state index contributed by atoms with van der Waals surface area (Å²) in [6, 6.07) is 6.32. The van der Waals surface area contributed by atoms with Crippen molar-refractivity contribution in [1.29, 1.82) is 0 Å².